The summed E-state index contributed by atoms with van der Waals surface area (Å²) in [4.78, 5) is 21.1. The third kappa shape index (κ3) is 8.77. The van der Waals surface area contributed by atoms with E-state index in [1.165, 1.54) is 18.5 Å². The highest BCUT2D eigenvalue weighted by Gasteiger charge is 2.25. The van der Waals surface area contributed by atoms with Gasteiger partial charge < -0.3 is 25.2 Å². The molecule has 32 heavy (non-hydrogen) atoms. The van der Waals surface area contributed by atoms with Gasteiger partial charge >= 0.3 is 6.09 Å². The largest absolute Gasteiger partial charge is 0.450 e. The number of nitrogens with zero attached hydrogens (tertiary/aromatic N) is 3. The van der Waals surface area contributed by atoms with Crippen molar-refractivity contribution in [1.29, 1.82) is 0 Å². The number of rotatable bonds is 8. The number of carbonyl (C=O) groups is 1. The zero-order chi connectivity index (χ0) is 21.9. The Balaban J connectivity index is 0.00000363. The van der Waals surface area contributed by atoms with Crippen molar-refractivity contribution < 1.29 is 9.53 Å². The number of carbonyl (C=O) groups excluding carboxylic acids is 1. The van der Waals surface area contributed by atoms with Gasteiger partial charge in [0.25, 0.3) is 0 Å². The first-order valence-electron chi connectivity index (χ1n) is 11.9. The summed E-state index contributed by atoms with van der Waals surface area (Å²) in [6, 6.07) is 11.1. The van der Waals surface area contributed by atoms with E-state index in [1.807, 2.05) is 6.92 Å². The van der Waals surface area contributed by atoms with Crippen molar-refractivity contribution in [1.82, 2.24) is 20.4 Å². The van der Waals surface area contributed by atoms with Gasteiger partial charge in [-0.2, -0.15) is 0 Å². The summed E-state index contributed by atoms with van der Waals surface area (Å²) < 4.78 is 5.11. The Morgan fingerprint density at radius 3 is 2.56 bits per heavy atom. The summed E-state index contributed by atoms with van der Waals surface area (Å²) >= 11 is 0. The molecule has 0 aromatic heterocycles. The average Bonchev–Trinajstić information content (AvgIpc) is 3.25. The maximum atomic E-state index is 11.9. The van der Waals surface area contributed by atoms with Crippen molar-refractivity contribution in [2.75, 3.05) is 52.4 Å². The molecular weight excluding hydrogens is 517 g/mol. The normalized spacial score (nSPS) is 20.0. The van der Waals surface area contributed by atoms with Crippen LogP contribution in [0.1, 0.15) is 38.7 Å². The molecule has 0 bridgehead atoms. The number of hydrogen-bond acceptors (Lipinski definition) is 4. The molecule has 2 saturated heterocycles. The summed E-state index contributed by atoms with van der Waals surface area (Å²) in [5, 5.41) is 6.96. The quantitative estimate of drug-likeness (QED) is 0.292. The second kappa shape index (κ2) is 14.6. The number of guanidine groups is 1. The van der Waals surface area contributed by atoms with E-state index in [9.17, 15) is 4.79 Å². The summed E-state index contributed by atoms with van der Waals surface area (Å²) in [7, 11) is 0. The fourth-order valence-electron chi connectivity index (χ4n) is 4.35. The van der Waals surface area contributed by atoms with Crippen LogP contribution in [0.2, 0.25) is 0 Å². The van der Waals surface area contributed by atoms with Crippen molar-refractivity contribution in [2.45, 2.75) is 45.6 Å². The Morgan fingerprint density at radius 1 is 1.12 bits per heavy atom. The van der Waals surface area contributed by atoms with Crippen molar-refractivity contribution in [3.05, 3.63) is 35.9 Å². The zero-order valence-electron chi connectivity index (χ0n) is 19.6. The molecule has 1 aromatic rings. The number of aliphatic imine (C=N–C) groups is 1. The first-order valence-corrected chi connectivity index (χ1v) is 11.9. The van der Waals surface area contributed by atoms with Crippen molar-refractivity contribution in [3.63, 3.8) is 0 Å². The minimum atomic E-state index is -0.195. The van der Waals surface area contributed by atoms with E-state index in [1.54, 1.807) is 4.90 Å². The number of hydrogen-bond donors (Lipinski definition) is 2. The molecule has 2 heterocycles. The molecule has 0 radical (unpaired) electrons. The van der Waals surface area contributed by atoms with Crippen LogP contribution < -0.4 is 10.6 Å². The molecular formula is C24H40IN5O2. The number of benzene rings is 1. The topological polar surface area (TPSA) is 69.2 Å². The van der Waals surface area contributed by atoms with Gasteiger partial charge in [0.2, 0.25) is 0 Å². The molecule has 1 amide bonds. The summed E-state index contributed by atoms with van der Waals surface area (Å²) in [5.74, 6) is 1.52. The number of halogens is 1. The van der Waals surface area contributed by atoms with E-state index < -0.39 is 0 Å². The highest BCUT2D eigenvalue weighted by Crippen LogP contribution is 2.17. The molecule has 1 aromatic carbocycles. The molecule has 3 rings (SSSR count). The van der Waals surface area contributed by atoms with E-state index in [2.05, 4.69) is 52.8 Å². The predicted octanol–water partition coefficient (Wildman–Crippen LogP) is 3.35. The van der Waals surface area contributed by atoms with E-state index >= 15 is 0 Å². The lowest BCUT2D eigenvalue weighted by molar-refractivity contribution is 0.0963. The third-order valence-electron chi connectivity index (χ3n) is 6.14. The number of nitrogens with one attached hydrogen (secondary N) is 2. The van der Waals surface area contributed by atoms with Crippen LogP contribution in [0, 0.1) is 5.92 Å². The molecule has 7 nitrogen and oxygen atoms in total. The van der Waals surface area contributed by atoms with Crippen LogP contribution >= 0.6 is 24.0 Å². The number of amides is 1. The molecule has 2 aliphatic rings. The minimum absolute atomic E-state index is 0. The highest BCUT2D eigenvalue weighted by molar-refractivity contribution is 14.0. The van der Waals surface area contributed by atoms with Crippen LogP contribution in [0.4, 0.5) is 4.79 Å². The van der Waals surface area contributed by atoms with E-state index in [-0.39, 0.29) is 30.1 Å². The van der Waals surface area contributed by atoms with Gasteiger partial charge in [0, 0.05) is 45.3 Å². The lowest BCUT2D eigenvalue weighted by Gasteiger charge is -2.32. The van der Waals surface area contributed by atoms with Crippen LogP contribution in [0.15, 0.2) is 35.3 Å². The fraction of sp³-hybridized carbons (Fsp3) is 0.667. The van der Waals surface area contributed by atoms with Crippen molar-refractivity contribution in [2.24, 2.45) is 10.9 Å². The average molecular weight is 558 g/mol. The number of ether oxygens (including phenoxy) is 1. The van der Waals surface area contributed by atoms with Crippen LogP contribution in [-0.4, -0.2) is 80.3 Å². The standard InChI is InChI=1S/C24H39N5O2.HI/c1-3-25-23(27-22-12-16-29(17-13-22)24(30)31-4-2)26-18-21-11-15-28(19-21)14-10-20-8-6-5-7-9-20;/h5-9,21-22H,3-4,10-19H2,1-2H3,(H2,25,26,27);1H. The Labute approximate surface area is 210 Å². The molecule has 2 fully saturated rings. The van der Waals surface area contributed by atoms with Gasteiger partial charge in [-0.25, -0.2) is 4.79 Å². The first kappa shape index (κ1) is 26.7. The van der Waals surface area contributed by atoms with E-state index in [0.717, 1.165) is 64.5 Å². The summed E-state index contributed by atoms with van der Waals surface area (Å²) in [6.07, 6.45) is 3.97. The summed E-state index contributed by atoms with van der Waals surface area (Å²) in [5.41, 5.74) is 1.41. The second-order valence-electron chi connectivity index (χ2n) is 8.52. The molecule has 8 heteroatoms. The predicted molar refractivity (Wildman–Crippen MR) is 141 cm³/mol. The smallest absolute Gasteiger partial charge is 0.409 e. The first-order chi connectivity index (χ1) is 15.2. The molecule has 0 spiro atoms. The van der Waals surface area contributed by atoms with Crippen LogP contribution in [-0.2, 0) is 11.2 Å². The lowest BCUT2D eigenvalue weighted by atomic mass is 10.1. The maximum Gasteiger partial charge on any atom is 0.409 e. The molecule has 2 N–H and O–H groups in total. The van der Waals surface area contributed by atoms with Crippen molar-refractivity contribution in [3.8, 4) is 0 Å². The van der Waals surface area contributed by atoms with Crippen LogP contribution in [0.3, 0.4) is 0 Å². The van der Waals surface area contributed by atoms with Gasteiger partial charge in [-0.05, 0) is 57.6 Å². The van der Waals surface area contributed by atoms with Gasteiger partial charge in [-0.3, -0.25) is 4.99 Å². The second-order valence-corrected chi connectivity index (χ2v) is 8.52. The molecule has 180 valence electrons. The molecule has 2 aliphatic heterocycles. The van der Waals surface area contributed by atoms with Crippen LogP contribution in [0.25, 0.3) is 0 Å². The van der Waals surface area contributed by atoms with Gasteiger partial charge in [-0.15, -0.1) is 24.0 Å². The van der Waals surface area contributed by atoms with Gasteiger partial charge in [-0.1, -0.05) is 30.3 Å². The van der Waals surface area contributed by atoms with Crippen LogP contribution in [0.5, 0.6) is 0 Å². The molecule has 1 unspecified atom stereocenters. The maximum absolute atomic E-state index is 11.9. The molecule has 0 aliphatic carbocycles. The Bertz CT molecular complexity index is 695. The number of likely N-dealkylation sites (tertiary alicyclic amines) is 2. The van der Waals surface area contributed by atoms with Gasteiger partial charge in [0.1, 0.15) is 0 Å². The molecule has 0 saturated carbocycles. The van der Waals surface area contributed by atoms with E-state index in [0.29, 0.717) is 18.6 Å². The third-order valence-corrected chi connectivity index (χ3v) is 6.14. The monoisotopic (exact) mass is 557 g/mol. The highest BCUT2D eigenvalue weighted by atomic mass is 127. The SMILES string of the molecule is CCNC(=NCC1CCN(CCc2ccccc2)C1)NC1CCN(C(=O)OCC)CC1.I. The zero-order valence-corrected chi connectivity index (χ0v) is 21.9. The van der Waals surface area contributed by atoms with Gasteiger partial charge in [0.05, 0.1) is 6.61 Å². The summed E-state index contributed by atoms with van der Waals surface area (Å²) in [6.45, 7) is 11.0. The fourth-order valence-corrected chi connectivity index (χ4v) is 4.35. The number of piperidine rings is 1. The lowest BCUT2D eigenvalue weighted by Crippen LogP contribution is -2.50. The Hall–Kier alpha value is -1.55. The molecule has 1 atom stereocenters. The Morgan fingerprint density at radius 2 is 1.88 bits per heavy atom. The van der Waals surface area contributed by atoms with E-state index in [4.69, 9.17) is 9.73 Å². The Kier molecular flexibility index (Phi) is 12.2. The minimum Gasteiger partial charge on any atom is -0.450 e. The van der Waals surface area contributed by atoms with Gasteiger partial charge in [0.15, 0.2) is 5.96 Å². The van der Waals surface area contributed by atoms with Crippen molar-refractivity contribution >= 4 is 36.0 Å².